The van der Waals surface area contributed by atoms with E-state index in [2.05, 4.69) is 21.8 Å². The zero-order chi connectivity index (χ0) is 15.5. The van der Waals surface area contributed by atoms with Gasteiger partial charge in [-0.05, 0) is 24.5 Å². The summed E-state index contributed by atoms with van der Waals surface area (Å²) in [5.41, 5.74) is 0. The number of halogens is 1. The molecule has 3 rings (SSSR count). The molecule has 1 saturated heterocycles. The fourth-order valence-electron chi connectivity index (χ4n) is 2.81. The van der Waals surface area contributed by atoms with Crippen LogP contribution in [0.15, 0.2) is 30.9 Å². The van der Waals surface area contributed by atoms with Crippen molar-refractivity contribution in [2.24, 2.45) is 5.92 Å². The highest BCUT2D eigenvalue weighted by atomic mass is 35.5. The first-order valence-corrected chi connectivity index (χ1v) is 8.57. The molecule has 3 heterocycles. The molecule has 0 saturated carbocycles. The van der Waals surface area contributed by atoms with Gasteiger partial charge in [0.1, 0.15) is 0 Å². The summed E-state index contributed by atoms with van der Waals surface area (Å²) in [4.78, 5) is 19.4. The molecule has 0 unspecified atom stereocenters. The molecule has 0 aliphatic carbocycles. The quantitative estimate of drug-likeness (QED) is 0.932. The maximum atomic E-state index is 12.4. The van der Waals surface area contributed by atoms with Crippen molar-refractivity contribution in [1.82, 2.24) is 19.8 Å². The van der Waals surface area contributed by atoms with E-state index in [1.807, 2.05) is 29.6 Å². The lowest BCUT2D eigenvalue weighted by atomic mass is 9.93. The van der Waals surface area contributed by atoms with Crippen LogP contribution in [0.25, 0.3) is 0 Å². The highest BCUT2D eigenvalue weighted by Crippen LogP contribution is 2.27. The molecule has 7 heteroatoms. The van der Waals surface area contributed by atoms with Gasteiger partial charge in [-0.15, -0.1) is 11.3 Å². The molecular formula is C15H19ClN4OS. The third-order valence-corrected chi connectivity index (χ3v) is 5.39. The molecular weight excluding hydrogens is 320 g/mol. The van der Waals surface area contributed by atoms with E-state index >= 15 is 0 Å². The normalized spacial score (nSPS) is 21.8. The van der Waals surface area contributed by atoms with E-state index in [1.165, 1.54) is 11.3 Å². The van der Waals surface area contributed by atoms with Gasteiger partial charge < -0.3 is 14.8 Å². The molecule has 118 valence electrons. The first-order valence-electron chi connectivity index (χ1n) is 7.38. The number of urea groups is 1. The lowest BCUT2D eigenvalue weighted by molar-refractivity contribution is 0.140. The first kappa shape index (κ1) is 15.4. The van der Waals surface area contributed by atoms with Gasteiger partial charge in [0, 0.05) is 30.4 Å². The number of rotatable bonds is 3. The number of nitrogens with one attached hydrogen (secondary N) is 1. The molecule has 22 heavy (non-hydrogen) atoms. The SMILES string of the molecule is C[C@@H]1CCN(C(=O)NCc2ccc(Cl)s2)C[C@H]1n1ccnc1. The minimum atomic E-state index is -0.0125. The summed E-state index contributed by atoms with van der Waals surface area (Å²) < 4.78 is 2.85. The Bertz CT molecular complexity index is 627. The highest BCUT2D eigenvalue weighted by molar-refractivity contribution is 7.16. The monoisotopic (exact) mass is 338 g/mol. The summed E-state index contributed by atoms with van der Waals surface area (Å²) in [7, 11) is 0. The van der Waals surface area contributed by atoms with Gasteiger partial charge in [-0.3, -0.25) is 0 Å². The number of thiophene rings is 1. The molecule has 2 aromatic heterocycles. The molecule has 0 bridgehead atoms. The molecule has 2 atom stereocenters. The van der Waals surface area contributed by atoms with Crippen LogP contribution in [-0.4, -0.2) is 33.6 Å². The lowest BCUT2D eigenvalue weighted by Crippen LogP contribution is -2.47. The van der Waals surface area contributed by atoms with Gasteiger partial charge in [0.25, 0.3) is 0 Å². The van der Waals surface area contributed by atoms with Crippen molar-refractivity contribution in [3.05, 3.63) is 40.1 Å². The topological polar surface area (TPSA) is 50.2 Å². The van der Waals surface area contributed by atoms with Crippen molar-refractivity contribution >= 4 is 29.0 Å². The number of carbonyl (C=O) groups is 1. The fraction of sp³-hybridized carbons (Fsp3) is 0.467. The molecule has 0 aromatic carbocycles. The Morgan fingerprint density at radius 1 is 1.55 bits per heavy atom. The number of amides is 2. The van der Waals surface area contributed by atoms with Gasteiger partial charge in [0.05, 0.1) is 23.3 Å². The van der Waals surface area contributed by atoms with E-state index in [1.54, 1.807) is 6.20 Å². The number of carbonyl (C=O) groups excluding carboxylic acids is 1. The first-order chi connectivity index (χ1) is 10.6. The smallest absolute Gasteiger partial charge is 0.317 e. The lowest BCUT2D eigenvalue weighted by Gasteiger charge is -2.37. The number of imidazole rings is 1. The second kappa shape index (κ2) is 6.71. The third-order valence-electron chi connectivity index (χ3n) is 4.16. The summed E-state index contributed by atoms with van der Waals surface area (Å²) in [6.07, 6.45) is 6.58. The second-order valence-electron chi connectivity index (χ2n) is 5.65. The van der Waals surface area contributed by atoms with Crippen molar-refractivity contribution in [1.29, 1.82) is 0 Å². The van der Waals surface area contributed by atoms with Crippen LogP contribution in [0.1, 0.15) is 24.3 Å². The summed E-state index contributed by atoms with van der Waals surface area (Å²) >= 11 is 7.40. The molecule has 1 fully saturated rings. The van der Waals surface area contributed by atoms with Crippen LogP contribution in [0, 0.1) is 5.92 Å². The van der Waals surface area contributed by atoms with Crippen LogP contribution < -0.4 is 5.32 Å². The predicted octanol–water partition coefficient (Wildman–Crippen LogP) is 3.39. The molecule has 2 amide bonds. The van der Waals surface area contributed by atoms with Gasteiger partial charge >= 0.3 is 6.03 Å². The van der Waals surface area contributed by atoms with Crippen LogP contribution in [0.3, 0.4) is 0 Å². The molecule has 1 N–H and O–H groups in total. The molecule has 2 aromatic rings. The van der Waals surface area contributed by atoms with Crippen molar-refractivity contribution < 1.29 is 4.79 Å². The van der Waals surface area contributed by atoms with E-state index in [0.29, 0.717) is 19.0 Å². The van der Waals surface area contributed by atoms with Crippen molar-refractivity contribution in [3.63, 3.8) is 0 Å². The van der Waals surface area contributed by atoms with Gasteiger partial charge in [-0.2, -0.15) is 0 Å². The highest BCUT2D eigenvalue weighted by Gasteiger charge is 2.29. The summed E-state index contributed by atoms with van der Waals surface area (Å²) in [6, 6.07) is 4.07. The fourth-order valence-corrected chi connectivity index (χ4v) is 3.84. The van der Waals surface area contributed by atoms with Gasteiger partial charge in [-0.25, -0.2) is 9.78 Å². The van der Waals surface area contributed by atoms with Gasteiger partial charge in [0.15, 0.2) is 0 Å². The van der Waals surface area contributed by atoms with Crippen LogP contribution in [-0.2, 0) is 6.54 Å². The largest absolute Gasteiger partial charge is 0.333 e. The standard InChI is InChI=1S/C15H19ClN4OS/c1-11-4-6-19(9-13(11)20-7-5-17-10-20)15(21)18-8-12-2-3-14(16)22-12/h2-3,5,7,10-11,13H,4,6,8-9H2,1H3,(H,18,21)/t11-,13-/m1/s1. The Balaban J connectivity index is 1.58. The number of likely N-dealkylation sites (tertiary alicyclic amines) is 1. The van der Waals surface area contributed by atoms with Crippen LogP contribution in [0.5, 0.6) is 0 Å². The molecule has 0 spiro atoms. The van der Waals surface area contributed by atoms with Crippen molar-refractivity contribution in [2.45, 2.75) is 25.9 Å². The number of hydrogen-bond donors (Lipinski definition) is 1. The van der Waals surface area contributed by atoms with Crippen LogP contribution in [0.2, 0.25) is 4.34 Å². The van der Waals surface area contributed by atoms with E-state index in [4.69, 9.17) is 11.6 Å². The number of piperidine rings is 1. The summed E-state index contributed by atoms with van der Waals surface area (Å²) in [5.74, 6) is 0.536. The van der Waals surface area contributed by atoms with Gasteiger partial charge in [0.2, 0.25) is 0 Å². The Morgan fingerprint density at radius 2 is 2.41 bits per heavy atom. The van der Waals surface area contributed by atoms with E-state index in [0.717, 1.165) is 22.2 Å². The third kappa shape index (κ3) is 3.44. The Morgan fingerprint density at radius 3 is 3.09 bits per heavy atom. The van der Waals surface area contributed by atoms with E-state index in [-0.39, 0.29) is 12.1 Å². The molecule has 1 aliphatic rings. The predicted molar refractivity (Wildman–Crippen MR) is 88.2 cm³/mol. The Kier molecular flexibility index (Phi) is 4.69. The maximum Gasteiger partial charge on any atom is 0.317 e. The van der Waals surface area contributed by atoms with Crippen molar-refractivity contribution in [3.8, 4) is 0 Å². The summed E-state index contributed by atoms with van der Waals surface area (Å²) in [6.45, 7) is 4.27. The van der Waals surface area contributed by atoms with Crippen LogP contribution in [0.4, 0.5) is 4.79 Å². The van der Waals surface area contributed by atoms with E-state index < -0.39 is 0 Å². The zero-order valence-electron chi connectivity index (χ0n) is 12.4. The molecule has 1 aliphatic heterocycles. The van der Waals surface area contributed by atoms with E-state index in [9.17, 15) is 4.79 Å². The molecule has 0 radical (unpaired) electrons. The van der Waals surface area contributed by atoms with Crippen LogP contribution >= 0.6 is 22.9 Å². The summed E-state index contributed by atoms with van der Waals surface area (Å²) in [5, 5.41) is 2.98. The second-order valence-corrected chi connectivity index (χ2v) is 7.45. The number of aromatic nitrogens is 2. The minimum absolute atomic E-state index is 0.0125. The zero-order valence-corrected chi connectivity index (χ0v) is 14.0. The Hall–Kier alpha value is -1.53. The van der Waals surface area contributed by atoms with Crippen molar-refractivity contribution in [2.75, 3.05) is 13.1 Å². The number of nitrogens with zero attached hydrogens (tertiary/aromatic N) is 3. The molecule has 5 nitrogen and oxygen atoms in total. The maximum absolute atomic E-state index is 12.4. The average Bonchev–Trinajstić information content (AvgIpc) is 3.17. The number of hydrogen-bond acceptors (Lipinski definition) is 3. The Labute approximate surface area is 138 Å². The van der Waals surface area contributed by atoms with Gasteiger partial charge in [-0.1, -0.05) is 18.5 Å². The average molecular weight is 339 g/mol. The minimum Gasteiger partial charge on any atom is -0.333 e.